The van der Waals surface area contributed by atoms with E-state index >= 15 is 0 Å². The summed E-state index contributed by atoms with van der Waals surface area (Å²) in [7, 11) is -2.99. The quantitative estimate of drug-likeness (QED) is 0.786. The van der Waals surface area contributed by atoms with E-state index < -0.39 is 9.84 Å². The molecule has 1 rings (SSSR count). The Morgan fingerprint density at radius 2 is 2.05 bits per heavy atom. The first-order valence-corrected chi connectivity index (χ1v) is 9.15. The Morgan fingerprint density at radius 1 is 1.37 bits per heavy atom. The molecule has 0 heterocycles. The number of thioether (sulfide) groups is 1. The molecule has 3 nitrogen and oxygen atoms in total. The van der Waals surface area contributed by atoms with Gasteiger partial charge < -0.3 is 5.32 Å². The summed E-state index contributed by atoms with van der Waals surface area (Å²) in [5, 5.41) is 3.22. The number of nitrogens with one attached hydrogen (secondary N) is 1. The van der Waals surface area contributed by atoms with E-state index in [1.165, 1.54) is 24.1 Å². The molecule has 1 aromatic rings. The van der Waals surface area contributed by atoms with Crippen molar-refractivity contribution in [2.75, 3.05) is 17.8 Å². The Bertz CT molecular complexity index is 515. The monoisotopic (exact) mass is 305 g/mol. The van der Waals surface area contributed by atoms with Gasteiger partial charge in [0.1, 0.15) is 15.7 Å². The molecule has 0 fully saturated rings. The minimum absolute atomic E-state index is 0.0633. The van der Waals surface area contributed by atoms with Gasteiger partial charge >= 0.3 is 0 Å². The van der Waals surface area contributed by atoms with Crippen LogP contribution in [0.15, 0.2) is 23.1 Å². The summed E-state index contributed by atoms with van der Waals surface area (Å²) in [5.41, 5.74) is 0.888. The van der Waals surface area contributed by atoms with Crippen molar-refractivity contribution >= 4 is 21.6 Å². The van der Waals surface area contributed by atoms with E-state index in [1.807, 2.05) is 19.9 Å². The van der Waals surface area contributed by atoms with E-state index in [2.05, 4.69) is 5.32 Å². The summed E-state index contributed by atoms with van der Waals surface area (Å²) in [5.74, 6) is 0.147. The predicted octanol–water partition coefficient (Wildman–Crippen LogP) is 2.46. The molecule has 0 aliphatic rings. The minimum atomic E-state index is -2.99. The van der Waals surface area contributed by atoms with Crippen LogP contribution in [0.1, 0.15) is 19.4 Å². The van der Waals surface area contributed by atoms with Gasteiger partial charge in [-0.05, 0) is 17.7 Å². The zero-order chi connectivity index (χ0) is 14.5. The molecule has 108 valence electrons. The van der Waals surface area contributed by atoms with Crippen molar-refractivity contribution in [1.82, 2.24) is 5.32 Å². The summed E-state index contributed by atoms with van der Waals surface area (Å²) < 4.78 is 35.8. The molecule has 0 aliphatic heterocycles. The van der Waals surface area contributed by atoms with Crippen molar-refractivity contribution < 1.29 is 12.8 Å². The van der Waals surface area contributed by atoms with Gasteiger partial charge in [0.25, 0.3) is 0 Å². The van der Waals surface area contributed by atoms with E-state index in [0.29, 0.717) is 23.2 Å². The standard InChI is InChI=1S/C13H20FNO2S2/c1-10(2)15-9-11-4-5-13(12(14)8-11)18-6-7-19(3,16)17/h4-5,8,10,15H,6-7,9H2,1-3H3. The Hall–Kier alpha value is -0.590. The van der Waals surface area contributed by atoms with Crippen LogP contribution in [0.2, 0.25) is 0 Å². The maximum absolute atomic E-state index is 13.8. The highest BCUT2D eigenvalue weighted by atomic mass is 32.2. The molecule has 0 spiro atoms. The zero-order valence-corrected chi connectivity index (χ0v) is 13.1. The molecule has 0 aliphatic carbocycles. The Labute approximate surface area is 118 Å². The van der Waals surface area contributed by atoms with Crippen molar-refractivity contribution in [1.29, 1.82) is 0 Å². The zero-order valence-electron chi connectivity index (χ0n) is 11.4. The fraction of sp³-hybridized carbons (Fsp3) is 0.538. The molecule has 1 aromatic carbocycles. The third kappa shape index (κ3) is 6.94. The summed E-state index contributed by atoms with van der Waals surface area (Å²) in [6.07, 6.45) is 1.19. The van der Waals surface area contributed by atoms with Crippen LogP contribution in [0.3, 0.4) is 0 Å². The van der Waals surface area contributed by atoms with E-state index in [0.717, 1.165) is 5.56 Å². The van der Waals surface area contributed by atoms with Gasteiger partial charge in [-0.2, -0.15) is 0 Å². The summed E-state index contributed by atoms with van der Waals surface area (Å²) >= 11 is 1.23. The fourth-order valence-corrected chi connectivity index (χ4v) is 3.52. The molecule has 0 radical (unpaired) electrons. The average molecular weight is 305 g/mol. The first kappa shape index (κ1) is 16.5. The highest BCUT2D eigenvalue weighted by molar-refractivity contribution is 8.00. The second-order valence-corrected chi connectivity index (χ2v) is 8.18. The first-order chi connectivity index (χ1) is 8.78. The normalized spacial score (nSPS) is 12.1. The van der Waals surface area contributed by atoms with E-state index in [-0.39, 0.29) is 11.6 Å². The van der Waals surface area contributed by atoms with Gasteiger partial charge in [-0.1, -0.05) is 19.9 Å². The van der Waals surface area contributed by atoms with Crippen molar-refractivity contribution in [2.24, 2.45) is 0 Å². The largest absolute Gasteiger partial charge is 0.310 e. The van der Waals surface area contributed by atoms with Crippen LogP contribution in [-0.2, 0) is 16.4 Å². The van der Waals surface area contributed by atoms with Gasteiger partial charge in [-0.3, -0.25) is 0 Å². The summed E-state index contributed by atoms with van der Waals surface area (Å²) in [6.45, 7) is 4.69. The third-order valence-electron chi connectivity index (χ3n) is 2.42. The van der Waals surface area contributed by atoms with Gasteiger partial charge in [0, 0.05) is 29.5 Å². The lowest BCUT2D eigenvalue weighted by Gasteiger charge is -2.09. The van der Waals surface area contributed by atoms with Crippen LogP contribution >= 0.6 is 11.8 Å². The smallest absolute Gasteiger partial charge is 0.148 e. The molecule has 0 saturated heterocycles. The van der Waals surface area contributed by atoms with Crippen LogP contribution in [-0.4, -0.2) is 32.2 Å². The van der Waals surface area contributed by atoms with E-state index in [9.17, 15) is 12.8 Å². The highest BCUT2D eigenvalue weighted by Crippen LogP contribution is 2.22. The molecule has 0 amide bonds. The molecule has 0 aromatic heterocycles. The lowest BCUT2D eigenvalue weighted by molar-refractivity contribution is 0.574. The SMILES string of the molecule is CC(C)NCc1ccc(SCCS(C)(=O)=O)c(F)c1. The Balaban J connectivity index is 2.57. The molecule has 1 N–H and O–H groups in total. The van der Waals surface area contributed by atoms with Crippen molar-refractivity contribution in [3.63, 3.8) is 0 Å². The van der Waals surface area contributed by atoms with Crippen LogP contribution < -0.4 is 5.32 Å². The maximum Gasteiger partial charge on any atom is 0.148 e. The molecule has 6 heteroatoms. The minimum Gasteiger partial charge on any atom is -0.310 e. The first-order valence-electron chi connectivity index (χ1n) is 6.10. The topological polar surface area (TPSA) is 46.2 Å². The maximum atomic E-state index is 13.8. The Morgan fingerprint density at radius 3 is 2.58 bits per heavy atom. The van der Waals surface area contributed by atoms with Crippen LogP contribution in [0.4, 0.5) is 4.39 Å². The number of halogens is 1. The van der Waals surface area contributed by atoms with Gasteiger partial charge in [0.05, 0.1) is 5.75 Å². The molecule has 0 bridgehead atoms. The van der Waals surface area contributed by atoms with Crippen LogP contribution in [0, 0.1) is 5.82 Å². The molecule has 19 heavy (non-hydrogen) atoms. The van der Waals surface area contributed by atoms with Gasteiger partial charge in [0.2, 0.25) is 0 Å². The molecular formula is C13H20FNO2S2. The molecule has 0 saturated carbocycles. The number of hydrogen-bond donors (Lipinski definition) is 1. The van der Waals surface area contributed by atoms with E-state index in [4.69, 9.17) is 0 Å². The van der Waals surface area contributed by atoms with Crippen LogP contribution in [0.5, 0.6) is 0 Å². The van der Waals surface area contributed by atoms with E-state index in [1.54, 1.807) is 6.07 Å². The molecule has 0 atom stereocenters. The van der Waals surface area contributed by atoms with Crippen molar-refractivity contribution in [2.45, 2.75) is 31.3 Å². The molecule has 0 unspecified atom stereocenters. The lowest BCUT2D eigenvalue weighted by Crippen LogP contribution is -2.21. The van der Waals surface area contributed by atoms with Gasteiger partial charge in [-0.25, -0.2) is 12.8 Å². The highest BCUT2D eigenvalue weighted by Gasteiger charge is 2.07. The third-order valence-corrected chi connectivity index (χ3v) is 4.68. The second kappa shape index (κ2) is 7.26. The average Bonchev–Trinajstić information content (AvgIpc) is 2.27. The second-order valence-electron chi connectivity index (χ2n) is 4.78. The van der Waals surface area contributed by atoms with Crippen LogP contribution in [0.25, 0.3) is 0 Å². The lowest BCUT2D eigenvalue weighted by atomic mass is 10.2. The predicted molar refractivity (Wildman–Crippen MR) is 78.8 cm³/mol. The van der Waals surface area contributed by atoms with Crippen molar-refractivity contribution in [3.8, 4) is 0 Å². The number of sulfone groups is 1. The van der Waals surface area contributed by atoms with Crippen molar-refractivity contribution in [3.05, 3.63) is 29.6 Å². The number of rotatable bonds is 7. The van der Waals surface area contributed by atoms with Gasteiger partial charge in [-0.15, -0.1) is 11.8 Å². The van der Waals surface area contributed by atoms with Gasteiger partial charge in [0.15, 0.2) is 0 Å². The Kier molecular flexibility index (Phi) is 6.29. The summed E-state index contributed by atoms with van der Waals surface area (Å²) in [4.78, 5) is 0.497. The molecular weight excluding hydrogens is 285 g/mol. The summed E-state index contributed by atoms with van der Waals surface area (Å²) in [6, 6.07) is 5.42. The fourth-order valence-electron chi connectivity index (χ4n) is 1.40. The number of hydrogen-bond acceptors (Lipinski definition) is 4. The number of benzene rings is 1.